The maximum Gasteiger partial charge on any atom is 0.283 e. The summed E-state index contributed by atoms with van der Waals surface area (Å²) < 4.78 is 16.5. The Bertz CT molecular complexity index is 1490. The van der Waals surface area contributed by atoms with Gasteiger partial charge in [0, 0.05) is 33.6 Å². The molecule has 1 saturated carbocycles. The molecule has 1 fully saturated rings. The fraction of sp³-hybridized carbons (Fsp3) is 0.286. The minimum atomic E-state index is -0.427. The molecule has 0 spiro atoms. The summed E-state index contributed by atoms with van der Waals surface area (Å²) in [5.74, 6) is -0.248. The molecule has 1 aliphatic carbocycles. The molecule has 6 rings (SSSR count). The van der Waals surface area contributed by atoms with Gasteiger partial charge in [-0.2, -0.15) is 15.1 Å². The number of para-hydroxylation sites is 1. The van der Waals surface area contributed by atoms with Crippen LogP contribution in [0.1, 0.15) is 48.9 Å². The number of aliphatic imine (C=N–C) groups is 1. The molecule has 36 heavy (non-hydrogen) atoms. The van der Waals surface area contributed by atoms with Gasteiger partial charge in [-0.1, -0.05) is 55.7 Å². The number of thioether (sulfide) groups is 1. The van der Waals surface area contributed by atoms with Crippen LogP contribution in [0, 0.1) is 24.1 Å². The van der Waals surface area contributed by atoms with Gasteiger partial charge in [0.1, 0.15) is 10.9 Å². The monoisotopic (exact) mass is 499 g/mol. The van der Waals surface area contributed by atoms with Gasteiger partial charge in [-0.05, 0) is 49.7 Å². The fourth-order valence-electron chi connectivity index (χ4n) is 5.31. The average Bonchev–Trinajstić information content (AvgIpc) is 3.43. The SMILES string of the molecule is Cc1c(/C=C2/C(=N)N3N=C(C4CCCCC4)SC3=NC2=O)c2ccccc2n1Cc1ccccc1F. The van der Waals surface area contributed by atoms with Gasteiger partial charge in [0.2, 0.25) is 5.17 Å². The van der Waals surface area contributed by atoms with E-state index in [-0.39, 0.29) is 17.2 Å². The third-order valence-electron chi connectivity index (χ3n) is 7.28. The summed E-state index contributed by atoms with van der Waals surface area (Å²) in [5.41, 5.74) is 3.47. The quantitative estimate of drug-likeness (QED) is 0.426. The standard InChI is InChI=1S/C28H26FN5OS/c1-17-21(20-12-6-8-14-24(20)33(17)16-19-11-5-7-13-23(19)29)15-22-25(30)34-28(31-26(22)35)36-27(32-34)18-9-3-2-4-10-18/h5-8,11-15,18,30H,2-4,9-10,16H2,1H3/b22-15-,30-25?. The van der Waals surface area contributed by atoms with E-state index in [0.717, 1.165) is 40.0 Å². The van der Waals surface area contributed by atoms with Crippen LogP contribution in [-0.4, -0.2) is 31.5 Å². The Morgan fingerprint density at radius 1 is 1.11 bits per heavy atom. The number of hydrogen-bond acceptors (Lipinski definition) is 4. The van der Waals surface area contributed by atoms with Crippen LogP contribution in [0.15, 0.2) is 64.2 Å². The number of aromatic nitrogens is 1. The lowest BCUT2D eigenvalue weighted by Gasteiger charge is -2.20. The van der Waals surface area contributed by atoms with Gasteiger partial charge < -0.3 is 4.57 Å². The molecule has 182 valence electrons. The highest BCUT2D eigenvalue weighted by Crippen LogP contribution is 2.37. The lowest BCUT2D eigenvalue weighted by Crippen LogP contribution is -2.35. The number of nitrogens with one attached hydrogen (secondary N) is 1. The zero-order chi connectivity index (χ0) is 24.8. The molecule has 3 aliphatic rings. The predicted molar refractivity (Wildman–Crippen MR) is 144 cm³/mol. The van der Waals surface area contributed by atoms with Gasteiger partial charge >= 0.3 is 0 Å². The van der Waals surface area contributed by atoms with Crippen molar-refractivity contribution in [3.63, 3.8) is 0 Å². The van der Waals surface area contributed by atoms with Gasteiger partial charge in [0.05, 0.1) is 12.1 Å². The molecular weight excluding hydrogens is 473 g/mol. The first kappa shape index (κ1) is 22.9. The summed E-state index contributed by atoms with van der Waals surface area (Å²) in [5, 5.41) is 17.4. The molecule has 2 aliphatic heterocycles. The Kier molecular flexibility index (Phi) is 5.84. The number of nitrogens with zero attached hydrogens (tertiary/aromatic N) is 4. The Morgan fingerprint density at radius 3 is 2.67 bits per heavy atom. The summed E-state index contributed by atoms with van der Waals surface area (Å²) >= 11 is 1.43. The van der Waals surface area contributed by atoms with Gasteiger partial charge in [-0.25, -0.2) is 4.39 Å². The summed E-state index contributed by atoms with van der Waals surface area (Å²) in [7, 11) is 0. The fourth-order valence-corrected chi connectivity index (χ4v) is 6.37. The zero-order valence-electron chi connectivity index (χ0n) is 20.0. The van der Waals surface area contributed by atoms with Gasteiger partial charge in [0.15, 0.2) is 5.84 Å². The Labute approximate surface area is 213 Å². The minimum absolute atomic E-state index is 0.0497. The number of hydrazone groups is 1. The van der Waals surface area contributed by atoms with Crippen LogP contribution in [0.2, 0.25) is 0 Å². The van der Waals surface area contributed by atoms with E-state index in [2.05, 4.69) is 9.56 Å². The number of benzene rings is 2. The van der Waals surface area contributed by atoms with Crippen LogP contribution >= 0.6 is 11.8 Å². The summed E-state index contributed by atoms with van der Waals surface area (Å²) in [4.78, 5) is 17.4. The van der Waals surface area contributed by atoms with Crippen molar-refractivity contribution in [2.75, 3.05) is 0 Å². The second-order valence-electron chi connectivity index (χ2n) is 9.49. The van der Waals surface area contributed by atoms with Crippen LogP contribution in [0.4, 0.5) is 4.39 Å². The third kappa shape index (κ3) is 3.89. The van der Waals surface area contributed by atoms with Gasteiger partial charge in [0.25, 0.3) is 5.91 Å². The highest BCUT2D eigenvalue weighted by atomic mass is 32.2. The highest BCUT2D eigenvalue weighted by Gasteiger charge is 2.38. The number of carbonyl (C=O) groups excluding carboxylic acids is 1. The first-order valence-electron chi connectivity index (χ1n) is 12.3. The summed E-state index contributed by atoms with van der Waals surface area (Å²) in [6.07, 6.45) is 7.57. The normalized spacial score (nSPS) is 19.7. The Balaban J connectivity index is 1.39. The first-order valence-corrected chi connectivity index (χ1v) is 13.1. The predicted octanol–water partition coefficient (Wildman–Crippen LogP) is 6.34. The van der Waals surface area contributed by atoms with E-state index in [1.807, 2.05) is 37.3 Å². The maximum absolute atomic E-state index is 14.4. The molecule has 1 aromatic heterocycles. The van der Waals surface area contributed by atoms with E-state index in [0.29, 0.717) is 23.2 Å². The third-order valence-corrected chi connectivity index (χ3v) is 8.35. The lowest BCUT2D eigenvalue weighted by atomic mass is 9.90. The van der Waals surface area contributed by atoms with Crippen LogP contribution in [-0.2, 0) is 11.3 Å². The number of amides is 1. The van der Waals surface area contributed by atoms with E-state index in [4.69, 9.17) is 10.5 Å². The molecule has 3 aromatic rings. The molecule has 1 N–H and O–H groups in total. The number of amidine groups is 2. The van der Waals surface area contributed by atoms with Crippen molar-refractivity contribution in [2.24, 2.45) is 16.0 Å². The number of fused-ring (bicyclic) bond motifs is 2. The highest BCUT2D eigenvalue weighted by molar-refractivity contribution is 8.27. The Morgan fingerprint density at radius 2 is 1.86 bits per heavy atom. The van der Waals surface area contributed by atoms with Crippen molar-refractivity contribution in [3.8, 4) is 0 Å². The van der Waals surface area contributed by atoms with Crippen molar-refractivity contribution >= 4 is 50.7 Å². The van der Waals surface area contributed by atoms with E-state index in [1.54, 1.807) is 18.2 Å². The summed E-state index contributed by atoms with van der Waals surface area (Å²) in [6.45, 7) is 2.33. The van der Waals surface area contributed by atoms with E-state index in [9.17, 15) is 9.18 Å². The molecule has 0 bridgehead atoms. The molecule has 1 amide bonds. The summed E-state index contributed by atoms with van der Waals surface area (Å²) in [6, 6.07) is 14.6. The van der Waals surface area contributed by atoms with E-state index >= 15 is 0 Å². The number of hydrogen-bond donors (Lipinski definition) is 1. The molecule has 8 heteroatoms. The van der Waals surface area contributed by atoms with Crippen molar-refractivity contribution < 1.29 is 9.18 Å². The van der Waals surface area contributed by atoms with Gasteiger partial charge in [-0.3, -0.25) is 10.2 Å². The Hall–Kier alpha value is -3.52. The van der Waals surface area contributed by atoms with Crippen molar-refractivity contribution in [3.05, 3.63) is 76.7 Å². The molecular formula is C28H26FN5OS. The smallest absolute Gasteiger partial charge is 0.283 e. The largest absolute Gasteiger partial charge is 0.340 e. The molecule has 6 nitrogen and oxygen atoms in total. The second kappa shape index (κ2) is 9.17. The average molecular weight is 500 g/mol. The zero-order valence-corrected chi connectivity index (χ0v) is 20.8. The number of carbonyl (C=O) groups is 1. The number of halogens is 1. The molecule has 3 heterocycles. The topological polar surface area (TPSA) is 73.8 Å². The van der Waals surface area contributed by atoms with Crippen molar-refractivity contribution in [1.82, 2.24) is 9.58 Å². The van der Waals surface area contributed by atoms with E-state index in [1.165, 1.54) is 42.1 Å². The van der Waals surface area contributed by atoms with E-state index < -0.39 is 5.91 Å². The minimum Gasteiger partial charge on any atom is -0.340 e. The maximum atomic E-state index is 14.4. The van der Waals surface area contributed by atoms with Crippen molar-refractivity contribution in [1.29, 1.82) is 5.41 Å². The van der Waals surface area contributed by atoms with Crippen LogP contribution in [0.3, 0.4) is 0 Å². The van der Waals surface area contributed by atoms with Crippen LogP contribution < -0.4 is 0 Å². The number of rotatable bonds is 4. The van der Waals surface area contributed by atoms with Crippen LogP contribution in [0.25, 0.3) is 17.0 Å². The molecule has 0 atom stereocenters. The second-order valence-corrected chi connectivity index (χ2v) is 10.5. The molecule has 2 aromatic carbocycles. The molecule has 0 saturated heterocycles. The lowest BCUT2D eigenvalue weighted by molar-refractivity contribution is -0.114. The molecule has 0 radical (unpaired) electrons. The first-order chi connectivity index (χ1) is 17.5. The van der Waals surface area contributed by atoms with Gasteiger partial charge in [-0.15, -0.1) is 0 Å². The van der Waals surface area contributed by atoms with Crippen molar-refractivity contribution in [2.45, 2.75) is 45.6 Å². The molecule has 0 unspecified atom stereocenters. The van der Waals surface area contributed by atoms with Crippen LogP contribution in [0.5, 0.6) is 0 Å².